The van der Waals surface area contributed by atoms with Crippen LogP contribution in [0.2, 0.25) is 5.82 Å². The molecular weight excluding hydrogens is 171 g/mol. The van der Waals surface area contributed by atoms with Crippen LogP contribution in [-0.2, 0) is 9.47 Å². The molecule has 2 aliphatic heterocycles. The average molecular weight is 186 g/mol. The van der Waals surface area contributed by atoms with E-state index < -0.39 is 7.12 Å². The fraction of sp³-hybridized carbons (Fsp3) is 1.00. The Morgan fingerprint density at radius 2 is 2.15 bits per heavy atom. The van der Waals surface area contributed by atoms with Crippen molar-refractivity contribution in [3.63, 3.8) is 0 Å². The van der Waals surface area contributed by atoms with Crippen molar-refractivity contribution in [3.8, 4) is 0 Å². The van der Waals surface area contributed by atoms with Crippen LogP contribution in [0.25, 0.3) is 0 Å². The normalized spacial score (nSPS) is 39.7. The summed E-state index contributed by atoms with van der Waals surface area (Å²) in [6.45, 7) is 1.95. The number of rotatable bonds is 1. The van der Waals surface area contributed by atoms with Gasteiger partial charge in [-0.3, -0.25) is 0 Å². The van der Waals surface area contributed by atoms with Crippen molar-refractivity contribution >= 4 is 7.12 Å². The molecule has 2 saturated heterocycles. The molecular formula is C8H15BO4. The molecule has 0 aromatic carbocycles. The summed E-state index contributed by atoms with van der Waals surface area (Å²) in [6.07, 6.45) is 2.33. The first-order valence-electron chi connectivity index (χ1n) is 4.80. The number of ether oxygens (including phenoxy) is 2. The molecule has 0 amide bonds. The highest BCUT2D eigenvalue weighted by Gasteiger charge is 2.43. The Morgan fingerprint density at radius 3 is 2.77 bits per heavy atom. The molecule has 1 spiro atoms. The molecule has 74 valence electrons. The molecule has 0 aromatic heterocycles. The summed E-state index contributed by atoms with van der Waals surface area (Å²) < 4.78 is 10.9. The molecule has 0 aromatic rings. The minimum atomic E-state index is -1.21. The lowest BCUT2D eigenvalue weighted by molar-refractivity contribution is -0.0817. The average Bonchev–Trinajstić information content (AvgIpc) is 2.53. The summed E-state index contributed by atoms with van der Waals surface area (Å²) in [6, 6.07) is 0. The zero-order valence-corrected chi connectivity index (χ0v) is 7.61. The Balaban J connectivity index is 1.98. The Bertz CT molecular complexity index is 179. The van der Waals surface area contributed by atoms with E-state index in [-0.39, 0.29) is 11.4 Å². The first-order chi connectivity index (χ1) is 6.22. The second kappa shape index (κ2) is 3.57. The number of hydrogen-bond donors (Lipinski definition) is 2. The van der Waals surface area contributed by atoms with Gasteiger partial charge in [-0.2, -0.15) is 0 Å². The van der Waals surface area contributed by atoms with E-state index in [2.05, 4.69) is 0 Å². The molecule has 0 saturated carbocycles. The van der Waals surface area contributed by atoms with Gasteiger partial charge in [0.15, 0.2) is 0 Å². The van der Waals surface area contributed by atoms with Crippen LogP contribution in [0.15, 0.2) is 0 Å². The van der Waals surface area contributed by atoms with E-state index in [4.69, 9.17) is 19.5 Å². The van der Waals surface area contributed by atoms with Gasteiger partial charge in [-0.05, 0) is 18.7 Å². The maximum Gasteiger partial charge on any atom is 0.454 e. The Hall–Kier alpha value is -0.0951. The minimum Gasteiger partial charge on any atom is -0.427 e. The Kier molecular flexibility index (Phi) is 2.60. The van der Waals surface area contributed by atoms with Crippen molar-refractivity contribution in [1.29, 1.82) is 0 Å². The summed E-state index contributed by atoms with van der Waals surface area (Å²) >= 11 is 0. The largest absolute Gasteiger partial charge is 0.454 e. The summed E-state index contributed by atoms with van der Waals surface area (Å²) in [5, 5.41) is 18.2. The monoisotopic (exact) mass is 186 g/mol. The maximum absolute atomic E-state index is 9.08. The molecule has 13 heavy (non-hydrogen) atoms. The smallest absolute Gasteiger partial charge is 0.427 e. The predicted molar refractivity (Wildman–Crippen MR) is 47.3 cm³/mol. The molecule has 2 rings (SSSR count). The third-order valence-corrected chi connectivity index (χ3v) is 3.02. The summed E-state index contributed by atoms with van der Waals surface area (Å²) in [7, 11) is -1.21. The van der Waals surface area contributed by atoms with Gasteiger partial charge in [0.1, 0.15) is 0 Å². The van der Waals surface area contributed by atoms with E-state index in [0.29, 0.717) is 19.6 Å². The standard InChI is InChI=1S/C8H15BO4/c10-9(11)7-1-3-13-8(5-7)2-4-12-6-8/h7,10-11H,1-6H2. The van der Waals surface area contributed by atoms with Gasteiger partial charge < -0.3 is 19.5 Å². The van der Waals surface area contributed by atoms with Crippen LogP contribution in [-0.4, -0.2) is 42.6 Å². The van der Waals surface area contributed by atoms with Gasteiger partial charge in [-0.1, -0.05) is 0 Å². The van der Waals surface area contributed by atoms with E-state index in [9.17, 15) is 0 Å². The third kappa shape index (κ3) is 1.88. The molecule has 2 atom stereocenters. The molecule has 2 fully saturated rings. The summed E-state index contributed by atoms with van der Waals surface area (Å²) in [5.41, 5.74) is -0.216. The van der Waals surface area contributed by atoms with Gasteiger partial charge in [0, 0.05) is 19.6 Å². The van der Waals surface area contributed by atoms with Crippen LogP contribution in [0.4, 0.5) is 0 Å². The van der Waals surface area contributed by atoms with Crippen LogP contribution >= 0.6 is 0 Å². The predicted octanol–water partition coefficient (Wildman–Crippen LogP) is -0.201. The van der Waals surface area contributed by atoms with Crippen LogP contribution in [0.3, 0.4) is 0 Å². The second-order valence-corrected chi connectivity index (χ2v) is 4.00. The zero-order chi connectivity index (χ0) is 9.31. The Labute approximate surface area is 78.0 Å². The van der Waals surface area contributed by atoms with Gasteiger partial charge in [0.05, 0.1) is 12.2 Å². The van der Waals surface area contributed by atoms with Crippen molar-refractivity contribution < 1.29 is 19.5 Å². The van der Waals surface area contributed by atoms with Gasteiger partial charge >= 0.3 is 7.12 Å². The van der Waals surface area contributed by atoms with Crippen molar-refractivity contribution in [2.45, 2.75) is 30.7 Å². The maximum atomic E-state index is 9.08. The van der Waals surface area contributed by atoms with E-state index in [1.807, 2.05) is 0 Å². The van der Waals surface area contributed by atoms with Gasteiger partial charge in [-0.15, -0.1) is 0 Å². The van der Waals surface area contributed by atoms with Crippen LogP contribution in [0.1, 0.15) is 19.3 Å². The lowest BCUT2D eigenvalue weighted by Crippen LogP contribution is -2.42. The second-order valence-electron chi connectivity index (χ2n) is 4.00. The minimum absolute atomic E-state index is 0.0459. The van der Waals surface area contributed by atoms with Gasteiger partial charge in [0.2, 0.25) is 0 Å². The van der Waals surface area contributed by atoms with E-state index in [1.54, 1.807) is 0 Å². The molecule has 2 heterocycles. The molecule has 2 aliphatic rings. The highest BCUT2D eigenvalue weighted by molar-refractivity contribution is 6.43. The lowest BCUT2D eigenvalue weighted by Gasteiger charge is -2.36. The molecule has 2 unspecified atom stereocenters. The van der Waals surface area contributed by atoms with Gasteiger partial charge in [0.25, 0.3) is 0 Å². The van der Waals surface area contributed by atoms with Crippen molar-refractivity contribution in [2.75, 3.05) is 19.8 Å². The fourth-order valence-electron chi connectivity index (χ4n) is 2.18. The van der Waals surface area contributed by atoms with Crippen molar-refractivity contribution in [1.82, 2.24) is 0 Å². The van der Waals surface area contributed by atoms with E-state index >= 15 is 0 Å². The molecule has 4 nitrogen and oxygen atoms in total. The third-order valence-electron chi connectivity index (χ3n) is 3.02. The van der Waals surface area contributed by atoms with E-state index in [1.165, 1.54) is 0 Å². The molecule has 0 aliphatic carbocycles. The molecule has 0 bridgehead atoms. The zero-order valence-electron chi connectivity index (χ0n) is 7.61. The summed E-state index contributed by atoms with van der Waals surface area (Å²) in [5.74, 6) is -0.0459. The van der Waals surface area contributed by atoms with Crippen molar-refractivity contribution in [2.24, 2.45) is 0 Å². The fourth-order valence-corrected chi connectivity index (χ4v) is 2.18. The first-order valence-corrected chi connectivity index (χ1v) is 4.80. The Morgan fingerprint density at radius 1 is 1.31 bits per heavy atom. The van der Waals surface area contributed by atoms with Gasteiger partial charge in [-0.25, -0.2) is 0 Å². The topological polar surface area (TPSA) is 58.9 Å². The molecule has 5 heteroatoms. The van der Waals surface area contributed by atoms with Crippen LogP contribution < -0.4 is 0 Å². The molecule has 2 N–H and O–H groups in total. The first kappa shape index (κ1) is 9.46. The highest BCUT2D eigenvalue weighted by Crippen LogP contribution is 2.38. The van der Waals surface area contributed by atoms with E-state index in [0.717, 1.165) is 19.4 Å². The molecule has 0 radical (unpaired) electrons. The highest BCUT2D eigenvalue weighted by atomic mass is 16.6. The quantitative estimate of drug-likeness (QED) is 0.556. The van der Waals surface area contributed by atoms with Crippen molar-refractivity contribution in [3.05, 3.63) is 0 Å². The van der Waals surface area contributed by atoms with Crippen LogP contribution in [0, 0.1) is 0 Å². The lowest BCUT2D eigenvalue weighted by atomic mass is 9.64. The summed E-state index contributed by atoms with van der Waals surface area (Å²) in [4.78, 5) is 0. The number of hydrogen-bond acceptors (Lipinski definition) is 4. The SMILES string of the molecule is OB(O)C1CCOC2(CCOC2)C1. The van der Waals surface area contributed by atoms with Crippen LogP contribution in [0.5, 0.6) is 0 Å².